The van der Waals surface area contributed by atoms with Gasteiger partial charge in [0.05, 0.1) is 12.5 Å². The number of ether oxygens (including phenoxy) is 1. The highest BCUT2D eigenvalue weighted by atomic mass is 16.5. The van der Waals surface area contributed by atoms with Crippen molar-refractivity contribution in [2.45, 2.75) is 53.0 Å². The monoisotopic (exact) mass is 241 g/mol. The molecule has 0 radical (unpaired) electrons. The van der Waals surface area contributed by atoms with Gasteiger partial charge in [-0.2, -0.15) is 0 Å². The van der Waals surface area contributed by atoms with E-state index in [4.69, 9.17) is 4.74 Å². The molecule has 0 aromatic heterocycles. The maximum Gasteiger partial charge on any atom is 0.309 e. The Balaban J connectivity index is 2.29. The van der Waals surface area contributed by atoms with Gasteiger partial charge in [0.2, 0.25) is 0 Å². The number of esters is 1. The molecule has 1 fully saturated rings. The standard InChI is InChI=1S/C14H27NO2/c1-5-12-7-8-13(11(12)4)15-9-10(3)14(16)17-6-2/h10-13,15H,5-9H2,1-4H3. The van der Waals surface area contributed by atoms with Crippen LogP contribution in [0.2, 0.25) is 0 Å². The molecule has 17 heavy (non-hydrogen) atoms. The van der Waals surface area contributed by atoms with Crippen molar-refractivity contribution in [3.8, 4) is 0 Å². The first-order valence-electron chi connectivity index (χ1n) is 7.00. The number of hydrogen-bond donors (Lipinski definition) is 1. The van der Waals surface area contributed by atoms with E-state index in [0.717, 1.165) is 18.4 Å². The first-order chi connectivity index (χ1) is 8.10. The van der Waals surface area contributed by atoms with Gasteiger partial charge in [-0.25, -0.2) is 0 Å². The molecule has 0 saturated heterocycles. The first kappa shape index (κ1) is 14.5. The molecular formula is C14H27NO2. The van der Waals surface area contributed by atoms with Gasteiger partial charge in [0.15, 0.2) is 0 Å². The summed E-state index contributed by atoms with van der Waals surface area (Å²) in [5, 5.41) is 3.53. The van der Waals surface area contributed by atoms with Gasteiger partial charge in [-0.3, -0.25) is 4.79 Å². The summed E-state index contributed by atoms with van der Waals surface area (Å²) in [6.07, 6.45) is 3.84. The smallest absolute Gasteiger partial charge is 0.309 e. The SMILES string of the molecule is CCOC(=O)C(C)CNC1CCC(CC)C1C. The summed E-state index contributed by atoms with van der Waals surface area (Å²) < 4.78 is 5.01. The third-order valence-corrected chi connectivity index (χ3v) is 4.13. The normalized spacial score (nSPS) is 30.2. The van der Waals surface area contributed by atoms with Crippen LogP contribution in [0.1, 0.15) is 47.0 Å². The van der Waals surface area contributed by atoms with E-state index in [1.165, 1.54) is 19.3 Å². The van der Waals surface area contributed by atoms with Gasteiger partial charge in [-0.15, -0.1) is 0 Å². The molecule has 0 aromatic rings. The molecule has 1 rings (SSSR count). The van der Waals surface area contributed by atoms with E-state index in [2.05, 4.69) is 19.2 Å². The molecule has 1 aliphatic carbocycles. The lowest BCUT2D eigenvalue weighted by atomic mass is 9.93. The molecule has 0 heterocycles. The quantitative estimate of drug-likeness (QED) is 0.726. The summed E-state index contributed by atoms with van der Waals surface area (Å²) in [6.45, 7) is 9.59. The van der Waals surface area contributed by atoms with Gasteiger partial charge in [0.25, 0.3) is 0 Å². The third kappa shape index (κ3) is 3.98. The van der Waals surface area contributed by atoms with E-state index in [1.807, 2.05) is 13.8 Å². The van der Waals surface area contributed by atoms with Gasteiger partial charge < -0.3 is 10.1 Å². The van der Waals surface area contributed by atoms with Crippen LogP contribution in [-0.2, 0) is 9.53 Å². The lowest BCUT2D eigenvalue weighted by Gasteiger charge is -2.22. The predicted octanol–water partition coefficient (Wildman–Crippen LogP) is 2.60. The van der Waals surface area contributed by atoms with Crippen molar-refractivity contribution in [3.05, 3.63) is 0 Å². The molecule has 0 bridgehead atoms. The maximum atomic E-state index is 11.5. The molecule has 0 spiro atoms. The van der Waals surface area contributed by atoms with Crippen LogP contribution in [0.25, 0.3) is 0 Å². The Morgan fingerprint density at radius 3 is 2.65 bits per heavy atom. The van der Waals surface area contributed by atoms with Crippen LogP contribution in [0.15, 0.2) is 0 Å². The highest BCUT2D eigenvalue weighted by molar-refractivity contribution is 5.72. The summed E-state index contributed by atoms with van der Waals surface area (Å²) in [7, 11) is 0. The molecule has 0 aliphatic heterocycles. The largest absolute Gasteiger partial charge is 0.466 e. The molecule has 1 saturated carbocycles. The van der Waals surface area contributed by atoms with Crippen molar-refractivity contribution in [3.63, 3.8) is 0 Å². The van der Waals surface area contributed by atoms with Crippen molar-refractivity contribution in [1.82, 2.24) is 5.32 Å². The molecular weight excluding hydrogens is 214 g/mol. The summed E-state index contributed by atoms with van der Waals surface area (Å²) in [6, 6.07) is 0.580. The van der Waals surface area contributed by atoms with E-state index in [9.17, 15) is 4.79 Å². The third-order valence-electron chi connectivity index (χ3n) is 4.13. The molecule has 1 aliphatic rings. The summed E-state index contributed by atoms with van der Waals surface area (Å²) in [4.78, 5) is 11.5. The Bertz CT molecular complexity index is 242. The van der Waals surface area contributed by atoms with Gasteiger partial charge >= 0.3 is 5.97 Å². The maximum absolute atomic E-state index is 11.5. The molecule has 1 N–H and O–H groups in total. The molecule has 4 atom stereocenters. The Kier molecular flexibility index (Phi) is 5.96. The van der Waals surface area contributed by atoms with E-state index in [-0.39, 0.29) is 11.9 Å². The lowest BCUT2D eigenvalue weighted by molar-refractivity contribution is -0.147. The highest BCUT2D eigenvalue weighted by Crippen LogP contribution is 2.33. The van der Waals surface area contributed by atoms with Crippen LogP contribution in [0.5, 0.6) is 0 Å². The summed E-state index contributed by atoms with van der Waals surface area (Å²) in [5.41, 5.74) is 0. The second-order valence-corrected chi connectivity index (χ2v) is 5.27. The fourth-order valence-electron chi connectivity index (χ4n) is 2.81. The second-order valence-electron chi connectivity index (χ2n) is 5.27. The van der Waals surface area contributed by atoms with Crippen LogP contribution in [0.3, 0.4) is 0 Å². The Labute approximate surface area is 105 Å². The van der Waals surface area contributed by atoms with Crippen molar-refractivity contribution in [2.75, 3.05) is 13.2 Å². The van der Waals surface area contributed by atoms with Crippen molar-refractivity contribution < 1.29 is 9.53 Å². The van der Waals surface area contributed by atoms with Crippen LogP contribution < -0.4 is 5.32 Å². The Hall–Kier alpha value is -0.570. The van der Waals surface area contributed by atoms with Crippen LogP contribution >= 0.6 is 0 Å². The minimum absolute atomic E-state index is 0.0390. The van der Waals surface area contributed by atoms with Crippen molar-refractivity contribution in [2.24, 2.45) is 17.8 Å². The zero-order valence-electron chi connectivity index (χ0n) is 11.7. The average Bonchev–Trinajstić information content (AvgIpc) is 2.67. The zero-order valence-corrected chi connectivity index (χ0v) is 11.7. The molecule has 100 valence electrons. The van der Waals surface area contributed by atoms with E-state index < -0.39 is 0 Å². The minimum atomic E-state index is -0.0855. The summed E-state index contributed by atoms with van der Waals surface area (Å²) >= 11 is 0. The van der Waals surface area contributed by atoms with E-state index in [0.29, 0.717) is 12.6 Å². The molecule has 3 heteroatoms. The van der Waals surface area contributed by atoms with Crippen molar-refractivity contribution >= 4 is 5.97 Å². The number of carbonyl (C=O) groups excluding carboxylic acids is 1. The first-order valence-corrected chi connectivity index (χ1v) is 7.00. The Morgan fingerprint density at radius 1 is 1.41 bits per heavy atom. The van der Waals surface area contributed by atoms with Gasteiger partial charge in [-0.1, -0.05) is 27.2 Å². The highest BCUT2D eigenvalue weighted by Gasteiger charge is 2.31. The Morgan fingerprint density at radius 2 is 2.12 bits per heavy atom. The fraction of sp³-hybridized carbons (Fsp3) is 0.929. The van der Waals surface area contributed by atoms with Gasteiger partial charge in [-0.05, 0) is 31.6 Å². The average molecular weight is 241 g/mol. The minimum Gasteiger partial charge on any atom is -0.466 e. The zero-order chi connectivity index (χ0) is 12.8. The number of nitrogens with one attached hydrogen (secondary N) is 1. The van der Waals surface area contributed by atoms with Crippen molar-refractivity contribution in [1.29, 1.82) is 0 Å². The predicted molar refractivity (Wildman–Crippen MR) is 69.8 cm³/mol. The van der Waals surface area contributed by atoms with E-state index >= 15 is 0 Å². The molecule has 0 aromatic carbocycles. The summed E-state index contributed by atoms with van der Waals surface area (Å²) in [5.74, 6) is 1.46. The van der Waals surface area contributed by atoms with Crippen LogP contribution in [-0.4, -0.2) is 25.2 Å². The number of hydrogen-bond acceptors (Lipinski definition) is 3. The molecule has 4 unspecified atom stereocenters. The second kappa shape index (κ2) is 7.00. The molecule has 3 nitrogen and oxygen atoms in total. The van der Waals surface area contributed by atoms with Crippen LogP contribution in [0.4, 0.5) is 0 Å². The fourth-order valence-corrected chi connectivity index (χ4v) is 2.81. The molecule has 0 amide bonds. The van der Waals surface area contributed by atoms with Crippen LogP contribution in [0, 0.1) is 17.8 Å². The number of rotatable bonds is 6. The lowest BCUT2D eigenvalue weighted by Crippen LogP contribution is -2.37. The van der Waals surface area contributed by atoms with Gasteiger partial charge in [0, 0.05) is 12.6 Å². The number of carbonyl (C=O) groups is 1. The van der Waals surface area contributed by atoms with Gasteiger partial charge in [0.1, 0.15) is 0 Å². The topological polar surface area (TPSA) is 38.3 Å². The van der Waals surface area contributed by atoms with E-state index in [1.54, 1.807) is 0 Å².